The first-order valence-electron chi connectivity index (χ1n) is 17.0. The Morgan fingerprint density at radius 3 is 2.37 bits per heavy atom. The summed E-state index contributed by atoms with van der Waals surface area (Å²) in [5.41, 5.74) is 1.76. The first-order valence-corrected chi connectivity index (χ1v) is 17.0. The van der Waals surface area contributed by atoms with E-state index in [0.717, 1.165) is 5.56 Å². The molecule has 2 heterocycles. The molecule has 51 heavy (non-hydrogen) atoms. The topological polar surface area (TPSA) is 185 Å². The molecule has 3 aromatic rings. The van der Waals surface area contributed by atoms with Crippen LogP contribution in [0.15, 0.2) is 48.8 Å². The van der Waals surface area contributed by atoms with Crippen LogP contribution in [0.2, 0.25) is 0 Å². The molecule has 2 bridgehead atoms. The van der Waals surface area contributed by atoms with Gasteiger partial charge in [0.25, 0.3) is 5.91 Å². The summed E-state index contributed by atoms with van der Waals surface area (Å²) in [4.78, 5) is 55.5. The molecule has 0 fully saturated rings. The van der Waals surface area contributed by atoms with Crippen LogP contribution in [0.25, 0.3) is 0 Å². The van der Waals surface area contributed by atoms with Crippen LogP contribution in [-0.4, -0.2) is 95.5 Å². The summed E-state index contributed by atoms with van der Waals surface area (Å²) in [6.07, 6.45) is 3.59. The number of hydrogen-bond donors (Lipinski definition) is 5. The fourth-order valence-electron chi connectivity index (χ4n) is 5.70. The third kappa shape index (κ3) is 10.7. The van der Waals surface area contributed by atoms with Crippen molar-refractivity contribution >= 4 is 23.6 Å². The van der Waals surface area contributed by atoms with Crippen molar-refractivity contribution in [1.82, 2.24) is 35.9 Å². The minimum atomic E-state index is -1.32. The molecule has 5 N–H and O–H groups in total. The van der Waals surface area contributed by atoms with Crippen LogP contribution in [0.1, 0.15) is 55.1 Å². The quantitative estimate of drug-likeness (QED) is 0.254. The zero-order valence-corrected chi connectivity index (χ0v) is 30.0. The van der Waals surface area contributed by atoms with E-state index in [1.165, 1.54) is 21.1 Å². The Morgan fingerprint density at radius 1 is 0.941 bits per heavy atom. The van der Waals surface area contributed by atoms with Gasteiger partial charge in [0.1, 0.15) is 23.6 Å². The Morgan fingerprint density at radius 2 is 1.71 bits per heavy atom. The molecular formula is C36H49N7O8. The van der Waals surface area contributed by atoms with Gasteiger partial charge in [-0.1, -0.05) is 19.9 Å². The number of aromatic nitrogens is 2. The van der Waals surface area contributed by atoms with Crippen molar-refractivity contribution in [1.29, 1.82) is 0 Å². The molecule has 0 radical (unpaired) electrons. The van der Waals surface area contributed by atoms with Crippen LogP contribution >= 0.6 is 0 Å². The van der Waals surface area contributed by atoms with Crippen molar-refractivity contribution in [3.05, 3.63) is 65.5 Å². The Kier molecular flexibility index (Phi) is 13.8. The third-order valence-corrected chi connectivity index (χ3v) is 8.44. The van der Waals surface area contributed by atoms with Crippen molar-refractivity contribution in [2.75, 3.05) is 33.9 Å². The third-order valence-electron chi connectivity index (χ3n) is 8.44. The number of rotatable bonds is 6. The van der Waals surface area contributed by atoms with Gasteiger partial charge in [0.15, 0.2) is 11.5 Å². The number of nitrogens with one attached hydrogen (secondary N) is 4. The fraction of sp³-hybridized carbons (Fsp3) is 0.472. The lowest BCUT2D eigenvalue weighted by Gasteiger charge is -2.28. The minimum Gasteiger partial charge on any atom is -0.496 e. The van der Waals surface area contributed by atoms with Crippen molar-refractivity contribution in [2.24, 2.45) is 13.0 Å². The number of aliphatic hydroxyl groups excluding tert-OH is 1. The van der Waals surface area contributed by atoms with Gasteiger partial charge in [-0.3, -0.25) is 28.8 Å². The summed E-state index contributed by atoms with van der Waals surface area (Å²) in [5, 5.41) is 26.0. The average molecular weight is 708 g/mol. The summed E-state index contributed by atoms with van der Waals surface area (Å²) in [6, 6.07) is 7.70. The Labute approximate surface area is 298 Å². The number of hydrogen-bond acceptors (Lipinski definition) is 10. The number of aryl methyl sites for hydroxylation is 1. The summed E-state index contributed by atoms with van der Waals surface area (Å²) >= 11 is 0. The van der Waals surface area contributed by atoms with E-state index in [1.807, 2.05) is 11.1 Å². The fourth-order valence-corrected chi connectivity index (χ4v) is 5.70. The molecule has 3 atom stereocenters. The highest BCUT2D eigenvalue weighted by molar-refractivity contribution is 5.95. The number of aliphatic hydroxyl groups is 1. The minimum absolute atomic E-state index is 0.0386. The molecule has 1 aliphatic heterocycles. The van der Waals surface area contributed by atoms with Gasteiger partial charge in [-0.25, -0.2) is 0 Å². The largest absolute Gasteiger partial charge is 0.496 e. The lowest BCUT2D eigenvalue weighted by Crippen LogP contribution is -2.59. The lowest BCUT2D eigenvalue weighted by atomic mass is 10.0. The van der Waals surface area contributed by atoms with Gasteiger partial charge in [-0.05, 0) is 62.6 Å². The molecule has 15 nitrogen and oxygen atoms in total. The number of benzene rings is 2. The van der Waals surface area contributed by atoms with E-state index >= 15 is 0 Å². The second kappa shape index (κ2) is 18.2. The molecule has 0 saturated heterocycles. The van der Waals surface area contributed by atoms with E-state index in [2.05, 4.69) is 26.4 Å². The SMILES string of the molecule is COc1ccc2cc1Oc1cccc(OC)c1CNC(=O)[C@@H](C(C)C)NC(=O)[C@H]([C@@H](C)O)NC(=O)CN(Cc1cnn(C)c1)CCCCNC2=O. The summed E-state index contributed by atoms with van der Waals surface area (Å²) in [6.45, 7) is 6.14. The maximum absolute atomic E-state index is 13.6. The van der Waals surface area contributed by atoms with Crippen molar-refractivity contribution in [3.8, 4) is 23.0 Å². The van der Waals surface area contributed by atoms with Gasteiger partial charge in [0.2, 0.25) is 17.7 Å². The zero-order chi connectivity index (χ0) is 37.1. The van der Waals surface area contributed by atoms with Crippen LogP contribution in [0.4, 0.5) is 0 Å². The smallest absolute Gasteiger partial charge is 0.251 e. The predicted molar refractivity (Wildman–Crippen MR) is 188 cm³/mol. The molecule has 0 unspecified atom stereocenters. The van der Waals surface area contributed by atoms with Crippen LogP contribution in [0.3, 0.4) is 0 Å². The van der Waals surface area contributed by atoms with Crippen molar-refractivity contribution in [3.63, 3.8) is 0 Å². The van der Waals surface area contributed by atoms with Gasteiger partial charge in [-0.2, -0.15) is 5.10 Å². The maximum atomic E-state index is 13.6. The number of nitrogens with zero attached hydrogens (tertiary/aromatic N) is 3. The molecule has 276 valence electrons. The number of carbonyl (C=O) groups is 4. The van der Waals surface area contributed by atoms with E-state index in [4.69, 9.17) is 14.2 Å². The van der Waals surface area contributed by atoms with Crippen LogP contribution in [-0.2, 0) is 34.5 Å². The number of methoxy groups -OCH3 is 2. The standard InChI is InChI=1S/C36H49N7O8/c1-22(2)32-35(47)38-18-26-27(49-5)10-9-11-28(26)51-30-16-25(12-13-29(30)50-6)34(46)37-14-7-8-15-43(20-24-17-39-42(4)19-24)21-31(45)40-33(23(3)44)36(48)41-32/h9-13,16-17,19,22-23,32-33,44H,7-8,14-15,18,20-21H2,1-6H3,(H,37,46)(H,38,47)(H,40,45)(H,41,48)/t23-,32-,33+/m1/s1. The highest BCUT2D eigenvalue weighted by atomic mass is 16.5. The monoisotopic (exact) mass is 707 g/mol. The van der Waals surface area contributed by atoms with E-state index in [0.29, 0.717) is 60.9 Å². The molecule has 0 saturated carbocycles. The number of fused-ring (bicyclic) bond motifs is 3. The average Bonchev–Trinajstić information content (AvgIpc) is 3.51. The molecule has 1 aliphatic rings. The predicted octanol–water partition coefficient (Wildman–Crippen LogP) is 1.88. The molecule has 4 rings (SSSR count). The van der Waals surface area contributed by atoms with Gasteiger partial charge in [-0.15, -0.1) is 0 Å². The van der Waals surface area contributed by atoms with Crippen LogP contribution in [0.5, 0.6) is 23.0 Å². The Hall–Kier alpha value is -5.15. The molecule has 2 aromatic carbocycles. The first-order chi connectivity index (χ1) is 24.4. The number of carbonyl (C=O) groups excluding carboxylic acids is 4. The maximum Gasteiger partial charge on any atom is 0.251 e. The summed E-state index contributed by atoms with van der Waals surface area (Å²) in [7, 11) is 4.79. The van der Waals surface area contributed by atoms with Gasteiger partial charge in [0, 0.05) is 37.5 Å². The molecule has 4 amide bonds. The lowest BCUT2D eigenvalue weighted by molar-refractivity contribution is -0.135. The molecular weight excluding hydrogens is 658 g/mol. The number of amides is 4. The molecule has 0 spiro atoms. The van der Waals surface area contributed by atoms with E-state index in [1.54, 1.807) is 68.2 Å². The Balaban J connectivity index is 1.66. The van der Waals surface area contributed by atoms with E-state index in [-0.39, 0.29) is 30.7 Å². The normalized spacial score (nSPS) is 19.5. The molecule has 1 aromatic heterocycles. The van der Waals surface area contributed by atoms with E-state index in [9.17, 15) is 24.3 Å². The summed E-state index contributed by atoms with van der Waals surface area (Å²) in [5.74, 6) is -0.867. The molecule has 0 aliphatic carbocycles. The van der Waals surface area contributed by atoms with Crippen LogP contribution < -0.4 is 35.5 Å². The van der Waals surface area contributed by atoms with Gasteiger partial charge < -0.3 is 40.6 Å². The van der Waals surface area contributed by atoms with Crippen molar-refractivity contribution < 1.29 is 38.5 Å². The second-order valence-electron chi connectivity index (χ2n) is 12.8. The molecule has 15 heteroatoms. The zero-order valence-electron chi connectivity index (χ0n) is 30.0. The second-order valence-corrected chi connectivity index (χ2v) is 12.8. The van der Waals surface area contributed by atoms with Gasteiger partial charge in [0.05, 0.1) is 45.2 Å². The van der Waals surface area contributed by atoms with Gasteiger partial charge >= 0.3 is 0 Å². The first kappa shape index (κ1) is 38.6. The van der Waals surface area contributed by atoms with Crippen molar-refractivity contribution in [2.45, 2.75) is 64.9 Å². The summed E-state index contributed by atoms with van der Waals surface area (Å²) < 4.78 is 19.1. The Bertz CT molecular complexity index is 1670. The highest BCUT2D eigenvalue weighted by Crippen LogP contribution is 2.37. The number of ether oxygens (including phenoxy) is 3. The van der Waals surface area contributed by atoms with Crippen LogP contribution in [0, 0.1) is 5.92 Å². The van der Waals surface area contributed by atoms with E-state index < -0.39 is 35.9 Å². The highest BCUT2D eigenvalue weighted by Gasteiger charge is 2.32.